The van der Waals surface area contributed by atoms with Gasteiger partial charge in [0.25, 0.3) is 0 Å². The molecule has 5 nitrogen and oxygen atoms in total. The van der Waals surface area contributed by atoms with Crippen LogP contribution < -0.4 is 10.6 Å². The van der Waals surface area contributed by atoms with Gasteiger partial charge >= 0.3 is 0 Å². The van der Waals surface area contributed by atoms with Gasteiger partial charge in [0.15, 0.2) is 5.96 Å². The highest BCUT2D eigenvalue weighted by molar-refractivity contribution is 5.79. The van der Waals surface area contributed by atoms with Crippen molar-refractivity contribution in [2.75, 3.05) is 53.4 Å². The lowest BCUT2D eigenvalue weighted by atomic mass is 10.1. The predicted molar refractivity (Wildman–Crippen MR) is 102 cm³/mol. The van der Waals surface area contributed by atoms with Crippen molar-refractivity contribution in [1.82, 2.24) is 20.4 Å². The number of hydrogen-bond donors (Lipinski definition) is 2. The third-order valence-corrected chi connectivity index (χ3v) is 4.59. The Morgan fingerprint density at radius 2 is 1.79 bits per heavy atom. The Bertz CT molecular complexity index is 503. The average molecular weight is 332 g/mol. The zero-order valence-electron chi connectivity index (χ0n) is 15.7. The number of guanidine groups is 1. The van der Waals surface area contributed by atoms with E-state index in [2.05, 4.69) is 70.6 Å². The summed E-state index contributed by atoms with van der Waals surface area (Å²) in [7, 11) is 4.03. The average Bonchev–Trinajstić information content (AvgIpc) is 2.58. The normalized spacial score (nSPS) is 18.4. The highest BCUT2D eigenvalue weighted by Crippen LogP contribution is 2.04. The summed E-state index contributed by atoms with van der Waals surface area (Å²) < 4.78 is 0. The van der Waals surface area contributed by atoms with Crippen LogP contribution in [0.25, 0.3) is 0 Å². The fourth-order valence-corrected chi connectivity index (χ4v) is 2.92. The fraction of sp³-hybridized carbons (Fsp3) is 0.632. The lowest BCUT2D eigenvalue weighted by Gasteiger charge is -2.34. The number of aryl methyl sites for hydroxylation is 1. The molecule has 0 spiro atoms. The van der Waals surface area contributed by atoms with Crippen molar-refractivity contribution in [2.45, 2.75) is 20.4 Å². The molecular weight excluding hydrogens is 298 g/mol. The maximum Gasteiger partial charge on any atom is 0.191 e. The Labute approximate surface area is 147 Å². The van der Waals surface area contributed by atoms with Crippen LogP contribution in [0.2, 0.25) is 0 Å². The maximum absolute atomic E-state index is 4.32. The molecule has 1 atom stereocenters. The van der Waals surface area contributed by atoms with E-state index in [1.54, 1.807) is 0 Å². The number of likely N-dealkylation sites (N-methyl/N-ethyl adjacent to an activating group) is 1. The molecule has 1 fully saturated rings. The third kappa shape index (κ3) is 6.49. The molecule has 5 heteroatoms. The topological polar surface area (TPSA) is 42.9 Å². The molecule has 0 saturated carbocycles. The van der Waals surface area contributed by atoms with Crippen molar-refractivity contribution in [3.63, 3.8) is 0 Å². The first-order valence-electron chi connectivity index (χ1n) is 8.98. The van der Waals surface area contributed by atoms with Crippen LogP contribution in [0, 0.1) is 12.8 Å². The largest absolute Gasteiger partial charge is 0.356 e. The van der Waals surface area contributed by atoms with E-state index >= 15 is 0 Å². The minimum atomic E-state index is 0.603. The Morgan fingerprint density at radius 1 is 1.12 bits per heavy atom. The van der Waals surface area contributed by atoms with Crippen LogP contribution in [0.5, 0.6) is 0 Å². The monoisotopic (exact) mass is 331 g/mol. The summed E-state index contributed by atoms with van der Waals surface area (Å²) in [5, 5.41) is 6.84. The van der Waals surface area contributed by atoms with Crippen LogP contribution in [-0.4, -0.2) is 69.1 Å². The fourth-order valence-electron chi connectivity index (χ4n) is 2.92. The SMILES string of the molecule is CN=C(NCc1ccc(C)cc1)NCC(C)CN1CCN(C)CC1. The summed E-state index contributed by atoms with van der Waals surface area (Å²) in [5.41, 5.74) is 2.56. The summed E-state index contributed by atoms with van der Waals surface area (Å²) in [4.78, 5) is 9.29. The van der Waals surface area contributed by atoms with Crippen molar-refractivity contribution in [2.24, 2.45) is 10.9 Å². The molecule has 1 heterocycles. The number of rotatable bonds is 6. The van der Waals surface area contributed by atoms with Crippen LogP contribution in [0.3, 0.4) is 0 Å². The summed E-state index contributed by atoms with van der Waals surface area (Å²) >= 11 is 0. The minimum absolute atomic E-state index is 0.603. The molecule has 1 aliphatic heterocycles. The van der Waals surface area contributed by atoms with Gasteiger partial charge < -0.3 is 20.4 Å². The van der Waals surface area contributed by atoms with E-state index in [0.717, 1.165) is 25.6 Å². The molecule has 0 radical (unpaired) electrons. The van der Waals surface area contributed by atoms with E-state index in [4.69, 9.17) is 0 Å². The van der Waals surface area contributed by atoms with E-state index in [1.165, 1.54) is 37.3 Å². The molecule has 0 bridgehead atoms. The van der Waals surface area contributed by atoms with Gasteiger partial charge in [-0.2, -0.15) is 0 Å². The number of benzene rings is 1. The van der Waals surface area contributed by atoms with Gasteiger partial charge in [-0.05, 0) is 25.5 Å². The summed E-state index contributed by atoms with van der Waals surface area (Å²) in [6.07, 6.45) is 0. The molecule has 1 aromatic carbocycles. The molecule has 0 aromatic heterocycles. The first-order chi connectivity index (χ1) is 11.6. The Balaban J connectivity index is 1.67. The van der Waals surface area contributed by atoms with Gasteiger partial charge in [0.2, 0.25) is 0 Å². The van der Waals surface area contributed by atoms with E-state index in [9.17, 15) is 0 Å². The number of nitrogens with zero attached hydrogens (tertiary/aromatic N) is 3. The first-order valence-corrected chi connectivity index (χ1v) is 8.98. The van der Waals surface area contributed by atoms with Crippen molar-refractivity contribution < 1.29 is 0 Å². The molecule has 1 aromatic rings. The second kappa shape index (κ2) is 9.64. The van der Waals surface area contributed by atoms with Crippen molar-refractivity contribution >= 4 is 5.96 Å². The Morgan fingerprint density at radius 3 is 2.42 bits per heavy atom. The first kappa shape index (κ1) is 18.7. The van der Waals surface area contributed by atoms with Gasteiger partial charge in [0.05, 0.1) is 0 Å². The highest BCUT2D eigenvalue weighted by Gasteiger charge is 2.16. The zero-order chi connectivity index (χ0) is 17.4. The molecule has 0 aliphatic carbocycles. The Kier molecular flexibility index (Phi) is 7.53. The van der Waals surface area contributed by atoms with Gasteiger partial charge in [-0.1, -0.05) is 36.8 Å². The smallest absolute Gasteiger partial charge is 0.191 e. The summed E-state index contributed by atoms with van der Waals surface area (Å²) in [6, 6.07) is 8.61. The predicted octanol–water partition coefficient (Wildman–Crippen LogP) is 1.54. The van der Waals surface area contributed by atoms with Crippen molar-refractivity contribution in [3.05, 3.63) is 35.4 Å². The molecule has 24 heavy (non-hydrogen) atoms. The third-order valence-electron chi connectivity index (χ3n) is 4.59. The van der Waals surface area contributed by atoms with Crippen LogP contribution in [0.1, 0.15) is 18.1 Å². The van der Waals surface area contributed by atoms with Gasteiger partial charge in [-0.25, -0.2) is 0 Å². The molecule has 2 N–H and O–H groups in total. The van der Waals surface area contributed by atoms with Crippen LogP contribution in [0.4, 0.5) is 0 Å². The van der Waals surface area contributed by atoms with Crippen LogP contribution in [-0.2, 0) is 6.54 Å². The summed E-state index contributed by atoms with van der Waals surface area (Å²) in [6.45, 7) is 12.0. The van der Waals surface area contributed by atoms with Crippen molar-refractivity contribution in [3.8, 4) is 0 Å². The lowest BCUT2D eigenvalue weighted by Crippen LogP contribution is -2.47. The number of aliphatic imine (C=N–C) groups is 1. The van der Waals surface area contributed by atoms with Gasteiger partial charge in [0.1, 0.15) is 0 Å². The highest BCUT2D eigenvalue weighted by atomic mass is 15.2. The van der Waals surface area contributed by atoms with Gasteiger partial charge in [0, 0.05) is 52.9 Å². The Hall–Kier alpha value is -1.59. The number of nitrogens with one attached hydrogen (secondary N) is 2. The second-order valence-corrected chi connectivity index (χ2v) is 7.00. The number of piperazine rings is 1. The van der Waals surface area contributed by atoms with Crippen molar-refractivity contribution in [1.29, 1.82) is 0 Å². The molecule has 134 valence electrons. The van der Waals surface area contributed by atoms with Gasteiger partial charge in [-0.15, -0.1) is 0 Å². The summed E-state index contributed by atoms with van der Waals surface area (Å²) in [5.74, 6) is 1.48. The molecule has 2 rings (SSSR count). The standard InChI is InChI=1S/C19H33N5/c1-16-5-7-18(8-6-16)14-22-19(20-3)21-13-17(2)15-24-11-9-23(4)10-12-24/h5-8,17H,9-15H2,1-4H3,(H2,20,21,22). The zero-order valence-corrected chi connectivity index (χ0v) is 15.7. The van der Waals surface area contributed by atoms with E-state index in [1.807, 2.05) is 7.05 Å². The lowest BCUT2D eigenvalue weighted by molar-refractivity contribution is 0.139. The molecule has 1 aliphatic rings. The van der Waals surface area contributed by atoms with Crippen LogP contribution in [0.15, 0.2) is 29.3 Å². The van der Waals surface area contributed by atoms with E-state index < -0.39 is 0 Å². The van der Waals surface area contributed by atoms with E-state index in [0.29, 0.717) is 5.92 Å². The molecule has 1 saturated heterocycles. The maximum atomic E-state index is 4.32. The quantitative estimate of drug-likeness (QED) is 0.613. The van der Waals surface area contributed by atoms with Gasteiger partial charge in [-0.3, -0.25) is 4.99 Å². The molecule has 0 amide bonds. The van der Waals surface area contributed by atoms with Crippen LogP contribution >= 0.6 is 0 Å². The minimum Gasteiger partial charge on any atom is -0.356 e. The van der Waals surface area contributed by atoms with E-state index in [-0.39, 0.29) is 0 Å². The second-order valence-electron chi connectivity index (χ2n) is 7.00. The number of hydrogen-bond acceptors (Lipinski definition) is 3. The molecule has 1 unspecified atom stereocenters. The molecular formula is C19H33N5.